The highest BCUT2D eigenvalue weighted by Crippen LogP contribution is 2.28. The highest BCUT2D eigenvalue weighted by atomic mass is 79.9. The van der Waals surface area contributed by atoms with Gasteiger partial charge in [-0.2, -0.15) is 0 Å². The molecule has 6 heteroatoms. The minimum Gasteiger partial charge on any atom is -0.333 e. The molecule has 0 aliphatic rings. The minimum atomic E-state index is 0.292. The molecule has 108 valence electrons. The predicted molar refractivity (Wildman–Crippen MR) is 88.8 cm³/mol. The summed E-state index contributed by atoms with van der Waals surface area (Å²) in [7, 11) is 0. The fourth-order valence-electron chi connectivity index (χ4n) is 1.97. The highest BCUT2D eigenvalue weighted by Gasteiger charge is 2.10. The zero-order chi connectivity index (χ0) is 15.0. The van der Waals surface area contributed by atoms with Crippen molar-refractivity contribution in [1.29, 1.82) is 0 Å². The molecule has 0 fully saturated rings. The van der Waals surface area contributed by atoms with E-state index in [-0.39, 0.29) is 0 Å². The van der Waals surface area contributed by atoms with Crippen molar-refractivity contribution in [3.8, 4) is 0 Å². The van der Waals surface area contributed by atoms with Crippen molar-refractivity contribution in [2.24, 2.45) is 0 Å². The highest BCUT2D eigenvalue weighted by molar-refractivity contribution is 9.10. The van der Waals surface area contributed by atoms with Crippen LogP contribution in [0.1, 0.15) is 31.2 Å². The van der Waals surface area contributed by atoms with Crippen LogP contribution in [0.2, 0.25) is 0 Å². The van der Waals surface area contributed by atoms with E-state index in [1.54, 1.807) is 0 Å². The van der Waals surface area contributed by atoms with Gasteiger partial charge in [-0.05, 0) is 52.3 Å². The van der Waals surface area contributed by atoms with Gasteiger partial charge in [-0.15, -0.1) is 0 Å². The number of hydrogen-bond acceptors (Lipinski definition) is 4. The average molecular weight is 363 g/mol. The van der Waals surface area contributed by atoms with Crippen LogP contribution in [-0.4, -0.2) is 19.9 Å². The first kappa shape index (κ1) is 14.5. The van der Waals surface area contributed by atoms with Crippen molar-refractivity contribution >= 4 is 38.7 Å². The van der Waals surface area contributed by atoms with Crippen LogP contribution in [0.5, 0.6) is 0 Å². The van der Waals surface area contributed by atoms with Crippen molar-refractivity contribution in [3.05, 3.63) is 40.3 Å². The molecule has 0 bridgehead atoms. The smallest absolute Gasteiger partial charge is 0.172 e. The lowest BCUT2D eigenvalue weighted by molar-refractivity contribution is 0.747. The standard InChI is InChI=1S/C15H15BrN4S/c1-8(2)14-19-12(16)7-13(20-14)21-15-17-10-5-4-9(3)6-11(10)18-15/h4-8H,1-3H3,(H,17,18). The van der Waals surface area contributed by atoms with Crippen LogP contribution in [0.4, 0.5) is 0 Å². The third kappa shape index (κ3) is 3.27. The number of nitrogens with one attached hydrogen (secondary N) is 1. The molecule has 0 radical (unpaired) electrons. The van der Waals surface area contributed by atoms with E-state index in [1.807, 2.05) is 12.1 Å². The quantitative estimate of drug-likeness (QED) is 0.686. The van der Waals surface area contributed by atoms with Gasteiger partial charge in [-0.25, -0.2) is 15.0 Å². The maximum Gasteiger partial charge on any atom is 0.172 e. The molecular formula is C15H15BrN4S. The molecule has 3 rings (SSSR count). The molecule has 0 saturated heterocycles. The Balaban J connectivity index is 1.94. The summed E-state index contributed by atoms with van der Waals surface area (Å²) >= 11 is 4.96. The molecule has 1 aromatic carbocycles. The third-order valence-corrected chi connectivity index (χ3v) is 4.23. The van der Waals surface area contributed by atoms with E-state index in [0.717, 1.165) is 31.6 Å². The lowest BCUT2D eigenvalue weighted by atomic mass is 10.2. The van der Waals surface area contributed by atoms with Gasteiger partial charge in [0.05, 0.1) is 11.0 Å². The van der Waals surface area contributed by atoms with Gasteiger partial charge >= 0.3 is 0 Å². The molecule has 3 aromatic rings. The second-order valence-corrected chi connectivity index (χ2v) is 7.03. The van der Waals surface area contributed by atoms with Gasteiger partial charge in [0.1, 0.15) is 15.5 Å². The predicted octanol–water partition coefficient (Wildman–Crippen LogP) is 4.70. The molecule has 0 saturated carbocycles. The monoisotopic (exact) mass is 362 g/mol. The molecule has 2 heterocycles. The summed E-state index contributed by atoms with van der Waals surface area (Å²) in [5.74, 6) is 1.12. The van der Waals surface area contributed by atoms with Crippen LogP contribution >= 0.6 is 27.7 Å². The summed E-state index contributed by atoms with van der Waals surface area (Å²) in [6, 6.07) is 8.10. The number of imidazole rings is 1. The summed E-state index contributed by atoms with van der Waals surface area (Å²) < 4.78 is 0.802. The Morgan fingerprint density at radius 2 is 1.95 bits per heavy atom. The molecule has 0 spiro atoms. The van der Waals surface area contributed by atoms with Gasteiger partial charge in [0.2, 0.25) is 0 Å². The number of rotatable bonds is 3. The van der Waals surface area contributed by atoms with Crippen LogP contribution in [0, 0.1) is 6.92 Å². The average Bonchev–Trinajstić information content (AvgIpc) is 2.79. The summed E-state index contributed by atoms with van der Waals surface area (Å²) in [5.41, 5.74) is 3.24. The number of aryl methyl sites for hydroxylation is 1. The van der Waals surface area contributed by atoms with Gasteiger partial charge in [0, 0.05) is 12.0 Å². The molecule has 2 aromatic heterocycles. The Bertz CT molecular complexity index is 797. The Kier molecular flexibility index (Phi) is 3.99. The fourth-order valence-corrected chi connectivity index (χ4v) is 3.33. The van der Waals surface area contributed by atoms with Gasteiger partial charge in [-0.1, -0.05) is 19.9 Å². The van der Waals surface area contributed by atoms with Crippen LogP contribution in [0.15, 0.2) is 39.1 Å². The van der Waals surface area contributed by atoms with Crippen molar-refractivity contribution in [1.82, 2.24) is 19.9 Å². The third-order valence-electron chi connectivity index (χ3n) is 3.02. The van der Waals surface area contributed by atoms with E-state index in [0.29, 0.717) is 5.92 Å². The molecule has 4 nitrogen and oxygen atoms in total. The Morgan fingerprint density at radius 1 is 1.14 bits per heavy atom. The van der Waals surface area contributed by atoms with Crippen molar-refractivity contribution in [2.45, 2.75) is 36.9 Å². The van der Waals surface area contributed by atoms with E-state index < -0.39 is 0 Å². The van der Waals surface area contributed by atoms with Gasteiger partial charge < -0.3 is 4.98 Å². The maximum absolute atomic E-state index is 4.58. The van der Waals surface area contributed by atoms with E-state index in [9.17, 15) is 0 Å². The molecule has 0 aliphatic heterocycles. The number of benzene rings is 1. The Labute approximate surface area is 135 Å². The normalized spacial score (nSPS) is 11.5. The largest absolute Gasteiger partial charge is 0.333 e. The molecular weight excluding hydrogens is 348 g/mol. The topological polar surface area (TPSA) is 54.5 Å². The number of nitrogens with zero attached hydrogens (tertiary/aromatic N) is 3. The zero-order valence-electron chi connectivity index (χ0n) is 12.0. The zero-order valence-corrected chi connectivity index (χ0v) is 14.4. The number of H-pyrrole nitrogens is 1. The number of aromatic nitrogens is 4. The Morgan fingerprint density at radius 3 is 2.71 bits per heavy atom. The van der Waals surface area contributed by atoms with E-state index >= 15 is 0 Å². The van der Waals surface area contributed by atoms with Crippen molar-refractivity contribution in [3.63, 3.8) is 0 Å². The number of fused-ring (bicyclic) bond motifs is 1. The van der Waals surface area contributed by atoms with Gasteiger partial charge in [0.15, 0.2) is 5.16 Å². The molecule has 0 unspecified atom stereocenters. The first-order valence-electron chi connectivity index (χ1n) is 6.70. The number of hydrogen-bond donors (Lipinski definition) is 1. The van der Waals surface area contributed by atoms with Crippen LogP contribution < -0.4 is 0 Å². The maximum atomic E-state index is 4.58. The minimum absolute atomic E-state index is 0.292. The van der Waals surface area contributed by atoms with Gasteiger partial charge in [-0.3, -0.25) is 0 Å². The SMILES string of the molecule is Cc1ccc2nc(Sc3cc(Br)nc(C(C)C)n3)[nH]c2c1. The van der Waals surface area contributed by atoms with Gasteiger partial charge in [0.25, 0.3) is 0 Å². The molecule has 0 atom stereocenters. The fraction of sp³-hybridized carbons (Fsp3) is 0.267. The lowest BCUT2D eigenvalue weighted by Crippen LogP contribution is -1.98. The second-order valence-electron chi connectivity index (χ2n) is 5.21. The summed E-state index contributed by atoms with van der Waals surface area (Å²) in [6.45, 7) is 6.24. The van der Waals surface area contributed by atoms with E-state index in [2.05, 4.69) is 68.8 Å². The van der Waals surface area contributed by atoms with Crippen LogP contribution in [0.25, 0.3) is 11.0 Å². The second kappa shape index (κ2) is 5.77. The molecule has 21 heavy (non-hydrogen) atoms. The summed E-state index contributed by atoms with van der Waals surface area (Å²) in [5, 5.41) is 1.73. The first-order valence-corrected chi connectivity index (χ1v) is 8.31. The Hall–Kier alpha value is -1.40. The van der Waals surface area contributed by atoms with Crippen LogP contribution in [0.3, 0.4) is 0 Å². The van der Waals surface area contributed by atoms with Crippen molar-refractivity contribution in [2.75, 3.05) is 0 Å². The molecule has 0 amide bonds. The number of aromatic amines is 1. The van der Waals surface area contributed by atoms with E-state index in [1.165, 1.54) is 17.3 Å². The first-order chi connectivity index (χ1) is 10.0. The van der Waals surface area contributed by atoms with E-state index in [4.69, 9.17) is 0 Å². The van der Waals surface area contributed by atoms with Crippen molar-refractivity contribution < 1.29 is 0 Å². The lowest BCUT2D eigenvalue weighted by Gasteiger charge is -2.06. The summed E-state index contributed by atoms with van der Waals surface area (Å²) in [6.07, 6.45) is 0. The summed E-state index contributed by atoms with van der Waals surface area (Å²) in [4.78, 5) is 16.9. The number of halogens is 1. The molecule has 0 aliphatic carbocycles. The molecule has 1 N–H and O–H groups in total. The van der Waals surface area contributed by atoms with Crippen LogP contribution in [-0.2, 0) is 0 Å².